The summed E-state index contributed by atoms with van der Waals surface area (Å²) >= 11 is 3.55. The molecule has 1 aromatic carbocycles. The molecule has 2 aromatic rings. The molecule has 1 amide bonds. The van der Waals surface area contributed by atoms with Crippen LogP contribution in [0.4, 0.5) is 5.88 Å². The maximum Gasteiger partial charge on any atom is 0.253 e. The molecule has 1 saturated heterocycles. The van der Waals surface area contributed by atoms with Crippen LogP contribution >= 0.6 is 32.9 Å². The van der Waals surface area contributed by atoms with E-state index in [9.17, 15) is 9.59 Å². The van der Waals surface area contributed by atoms with E-state index in [-0.39, 0.29) is 33.1 Å². The summed E-state index contributed by atoms with van der Waals surface area (Å²) in [5.74, 6) is 0.398. The van der Waals surface area contributed by atoms with Gasteiger partial charge in [-0.1, -0.05) is 15.9 Å². The number of amides is 1. The molecule has 1 fully saturated rings. The number of fused-ring (bicyclic) bond motifs is 1. The lowest BCUT2D eigenvalue weighted by Gasteiger charge is -2.27. The summed E-state index contributed by atoms with van der Waals surface area (Å²) < 4.78 is 11.4. The second kappa shape index (κ2) is 8.54. The van der Waals surface area contributed by atoms with E-state index >= 15 is 0 Å². The predicted molar refractivity (Wildman–Crippen MR) is 111 cm³/mol. The second-order valence-electron chi connectivity index (χ2n) is 6.31. The van der Waals surface area contributed by atoms with Crippen molar-refractivity contribution in [1.29, 1.82) is 0 Å². The number of carbonyl (C=O) groups excluding carboxylic acids is 1. The molecule has 0 saturated carbocycles. The van der Waals surface area contributed by atoms with E-state index in [4.69, 9.17) is 9.15 Å². The molecule has 0 aliphatic carbocycles. The number of ether oxygens (including phenoxy) is 1. The Morgan fingerprint density at radius 1 is 1.23 bits per heavy atom. The SMILES string of the molecule is Br.CC(Br)c1cc(C(=O)N(C)C)cc2c(=O)cc(N3CCOCC3)oc12. The van der Waals surface area contributed by atoms with Gasteiger partial charge in [-0.15, -0.1) is 17.0 Å². The summed E-state index contributed by atoms with van der Waals surface area (Å²) in [7, 11) is 3.38. The van der Waals surface area contributed by atoms with Gasteiger partial charge in [-0.3, -0.25) is 9.59 Å². The summed E-state index contributed by atoms with van der Waals surface area (Å²) in [6, 6.07) is 4.90. The van der Waals surface area contributed by atoms with Crippen LogP contribution in [0, 0.1) is 0 Å². The van der Waals surface area contributed by atoms with Crippen LogP contribution < -0.4 is 10.3 Å². The zero-order valence-corrected chi connectivity index (χ0v) is 18.3. The fraction of sp³-hybridized carbons (Fsp3) is 0.444. The van der Waals surface area contributed by atoms with Crippen molar-refractivity contribution in [3.05, 3.63) is 39.5 Å². The highest BCUT2D eigenvalue weighted by atomic mass is 79.9. The van der Waals surface area contributed by atoms with Gasteiger partial charge in [0.05, 0.1) is 18.6 Å². The first-order valence-corrected chi connectivity index (χ1v) is 9.10. The minimum Gasteiger partial charge on any atom is -0.440 e. The maximum atomic E-state index is 12.7. The number of hydrogen-bond acceptors (Lipinski definition) is 5. The van der Waals surface area contributed by atoms with E-state index in [0.29, 0.717) is 48.7 Å². The van der Waals surface area contributed by atoms with E-state index in [1.54, 1.807) is 26.2 Å². The van der Waals surface area contributed by atoms with Crippen LogP contribution in [0.1, 0.15) is 27.7 Å². The molecule has 1 atom stereocenters. The number of alkyl halides is 1. The van der Waals surface area contributed by atoms with Crippen LogP contribution in [0.25, 0.3) is 11.0 Å². The molecular formula is C18H22Br2N2O4. The zero-order valence-electron chi connectivity index (χ0n) is 15.0. The Morgan fingerprint density at radius 2 is 1.88 bits per heavy atom. The minimum atomic E-state index is -0.148. The number of morpholine rings is 1. The molecule has 1 aliphatic heterocycles. The summed E-state index contributed by atoms with van der Waals surface area (Å²) in [5.41, 5.74) is 1.64. The molecular weight excluding hydrogens is 468 g/mol. The first kappa shape index (κ1) is 20.9. The van der Waals surface area contributed by atoms with Crippen molar-refractivity contribution in [2.24, 2.45) is 0 Å². The first-order chi connectivity index (χ1) is 11.9. The third kappa shape index (κ3) is 4.13. The molecule has 1 aromatic heterocycles. The maximum absolute atomic E-state index is 12.7. The van der Waals surface area contributed by atoms with Crippen molar-refractivity contribution in [3.63, 3.8) is 0 Å². The van der Waals surface area contributed by atoms with Crippen LogP contribution in [0.15, 0.2) is 27.4 Å². The van der Waals surface area contributed by atoms with E-state index in [1.165, 1.54) is 11.0 Å². The van der Waals surface area contributed by atoms with Gasteiger partial charge in [-0.2, -0.15) is 0 Å². The lowest BCUT2D eigenvalue weighted by Crippen LogP contribution is -2.36. The van der Waals surface area contributed by atoms with E-state index in [2.05, 4.69) is 15.9 Å². The lowest BCUT2D eigenvalue weighted by molar-refractivity contribution is 0.0827. The van der Waals surface area contributed by atoms with Gasteiger partial charge in [0.25, 0.3) is 5.91 Å². The van der Waals surface area contributed by atoms with Gasteiger partial charge < -0.3 is 19.0 Å². The molecule has 2 heterocycles. The van der Waals surface area contributed by atoms with Gasteiger partial charge >= 0.3 is 0 Å². The van der Waals surface area contributed by atoms with Crippen molar-refractivity contribution in [2.75, 3.05) is 45.3 Å². The summed E-state index contributed by atoms with van der Waals surface area (Å²) in [4.78, 5) is 28.5. The van der Waals surface area contributed by atoms with E-state index in [0.717, 1.165) is 5.56 Å². The predicted octanol–water partition coefficient (Wildman–Crippen LogP) is 3.37. The molecule has 6 nitrogen and oxygen atoms in total. The average molecular weight is 490 g/mol. The van der Waals surface area contributed by atoms with Crippen LogP contribution in [0.2, 0.25) is 0 Å². The number of nitrogens with zero attached hydrogens (tertiary/aromatic N) is 2. The molecule has 142 valence electrons. The quantitative estimate of drug-likeness (QED) is 0.618. The number of anilines is 1. The topological polar surface area (TPSA) is 63.0 Å². The number of benzene rings is 1. The van der Waals surface area contributed by atoms with E-state index < -0.39 is 0 Å². The molecule has 3 rings (SSSR count). The highest BCUT2D eigenvalue weighted by Gasteiger charge is 2.20. The van der Waals surface area contributed by atoms with Gasteiger partial charge in [-0.25, -0.2) is 0 Å². The highest BCUT2D eigenvalue weighted by molar-refractivity contribution is 9.09. The Balaban J connectivity index is 0.00000243. The second-order valence-corrected chi connectivity index (χ2v) is 7.68. The number of rotatable bonds is 3. The summed E-state index contributed by atoms with van der Waals surface area (Å²) in [5, 5.41) is 0.422. The smallest absolute Gasteiger partial charge is 0.253 e. The van der Waals surface area contributed by atoms with Gasteiger partial charge in [0.1, 0.15) is 5.58 Å². The number of halogens is 2. The van der Waals surface area contributed by atoms with Gasteiger partial charge in [0.15, 0.2) is 11.3 Å². The van der Waals surface area contributed by atoms with Crippen molar-refractivity contribution in [3.8, 4) is 0 Å². The molecule has 1 aliphatic rings. The fourth-order valence-corrected chi connectivity index (χ4v) is 3.23. The van der Waals surface area contributed by atoms with Crippen molar-refractivity contribution in [2.45, 2.75) is 11.8 Å². The van der Waals surface area contributed by atoms with Gasteiger partial charge in [0.2, 0.25) is 0 Å². The van der Waals surface area contributed by atoms with Crippen LogP contribution in [-0.2, 0) is 4.74 Å². The standard InChI is InChI=1S/C18H21BrN2O4.BrH/c1-11(19)13-8-12(18(23)20(2)3)9-14-15(22)10-16(25-17(13)14)21-4-6-24-7-5-21;/h8-11H,4-7H2,1-3H3;1H. The molecule has 8 heteroatoms. The van der Waals surface area contributed by atoms with Gasteiger partial charge in [0, 0.05) is 49.2 Å². The molecule has 0 spiro atoms. The Labute approximate surface area is 171 Å². The van der Waals surface area contributed by atoms with Crippen LogP contribution in [0.5, 0.6) is 0 Å². The first-order valence-electron chi connectivity index (χ1n) is 8.18. The van der Waals surface area contributed by atoms with E-state index in [1.807, 2.05) is 11.8 Å². The number of hydrogen-bond donors (Lipinski definition) is 0. The third-order valence-electron chi connectivity index (χ3n) is 4.25. The van der Waals surface area contributed by atoms with Crippen molar-refractivity contribution in [1.82, 2.24) is 4.90 Å². The van der Waals surface area contributed by atoms with Crippen molar-refractivity contribution >= 4 is 55.7 Å². The molecule has 0 N–H and O–H groups in total. The molecule has 26 heavy (non-hydrogen) atoms. The zero-order chi connectivity index (χ0) is 18.1. The molecule has 0 radical (unpaired) electrons. The van der Waals surface area contributed by atoms with Crippen LogP contribution in [-0.4, -0.2) is 51.2 Å². The highest BCUT2D eigenvalue weighted by Crippen LogP contribution is 2.32. The normalized spacial score (nSPS) is 15.5. The average Bonchev–Trinajstić information content (AvgIpc) is 2.60. The Hall–Kier alpha value is -1.38. The van der Waals surface area contributed by atoms with Crippen LogP contribution in [0.3, 0.4) is 0 Å². The summed E-state index contributed by atoms with van der Waals surface area (Å²) in [6.45, 7) is 4.54. The molecule has 1 unspecified atom stereocenters. The number of carbonyl (C=O) groups is 1. The fourth-order valence-electron chi connectivity index (χ4n) is 2.89. The Bertz CT molecular complexity index is 858. The summed E-state index contributed by atoms with van der Waals surface area (Å²) in [6.07, 6.45) is 0. The van der Waals surface area contributed by atoms with Crippen molar-refractivity contribution < 1.29 is 13.9 Å². The monoisotopic (exact) mass is 488 g/mol. The lowest BCUT2D eigenvalue weighted by atomic mass is 10.0. The molecule has 0 bridgehead atoms. The largest absolute Gasteiger partial charge is 0.440 e. The van der Waals surface area contributed by atoms with Gasteiger partial charge in [-0.05, 0) is 19.1 Å². The minimum absolute atomic E-state index is 0. The Morgan fingerprint density at radius 3 is 2.46 bits per heavy atom. The third-order valence-corrected chi connectivity index (χ3v) is 4.74. The Kier molecular flexibility index (Phi) is 6.87.